The highest BCUT2D eigenvalue weighted by molar-refractivity contribution is 5.97. The highest BCUT2D eigenvalue weighted by Crippen LogP contribution is 2.22. The van der Waals surface area contributed by atoms with Gasteiger partial charge in [0, 0.05) is 25.4 Å². The maximum Gasteiger partial charge on any atom is 0.256 e. The standard InChI is InChI=1S/C22H36N2O3/c1-5-13-22(4,27-6-2)21(25)23-19-9-11-20(12-10-19)26-16-15-24-14-7-8-18(3)17-24/h9-12,18H,5-8,13-17H2,1-4H3,(H,23,25)/t18-,22+/m1/s1. The van der Waals surface area contributed by atoms with Gasteiger partial charge in [-0.15, -0.1) is 0 Å². The highest BCUT2D eigenvalue weighted by atomic mass is 16.5. The molecule has 0 spiro atoms. The molecule has 1 amide bonds. The van der Waals surface area contributed by atoms with E-state index in [1.807, 2.05) is 38.1 Å². The van der Waals surface area contributed by atoms with Crippen molar-refractivity contribution in [1.82, 2.24) is 4.90 Å². The summed E-state index contributed by atoms with van der Waals surface area (Å²) in [7, 11) is 0. The van der Waals surface area contributed by atoms with Gasteiger partial charge in [-0.2, -0.15) is 0 Å². The lowest BCUT2D eigenvalue weighted by Gasteiger charge is -2.30. The van der Waals surface area contributed by atoms with Crippen molar-refractivity contribution in [2.75, 3.05) is 38.2 Å². The number of piperidine rings is 1. The molecule has 0 unspecified atom stereocenters. The molecule has 2 atom stereocenters. The molecule has 1 N–H and O–H groups in total. The van der Waals surface area contributed by atoms with Crippen molar-refractivity contribution in [1.29, 1.82) is 0 Å². The van der Waals surface area contributed by atoms with Gasteiger partial charge in [-0.3, -0.25) is 9.69 Å². The van der Waals surface area contributed by atoms with Crippen LogP contribution < -0.4 is 10.1 Å². The molecule has 1 fully saturated rings. The molecule has 1 aromatic carbocycles. The fraction of sp³-hybridized carbons (Fsp3) is 0.682. The average molecular weight is 377 g/mol. The Labute approximate surface area is 164 Å². The number of amides is 1. The molecule has 0 bridgehead atoms. The predicted molar refractivity (Wildman–Crippen MR) is 110 cm³/mol. The van der Waals surface area contributed by atoms with Crippen molar-refractivity contribution in [3.8, 4) is 5.75 Å². The van der Waals surface area contributed by atoms with Crippen LogP contribution >= 0.6 is 0 Å². The molecule has 5 nitrogen and oxygen atoms in total. The molecule has 1 aromatic rings. The van der Waals surface area contributed by atoms with Crippen LogP contribution in [0.3, 0.4) is 0 Å². The predicted octanol–water partition coefficient (Wildman–Crippen LogP) is 4.33. The number of ether oxygens (including phenoxy) is 2. The number of hydrogen-bond donors (Lipinski definition) is 1. The van der Waals surface area contributed by atoms with Gasteiger partial charge in [-0.25, -0.2) is 0 Å². The maximum absolute atomic E-state index is 12.6. The zero-order valence-corrected chi connectivity index (χ0v) is 17.4. The van der Waals surface area contributed by atoms with E-state index >= 15 is 0 Å². The summed E-state index contributed by atoms with van der Waals surface area (Å²) in [6, 6.07) is 7.58. The summed E-state index contributed by atoms with van der Waals surface area (Å²) in [6.45, 7) is 12.7. The average Bonchev–Trinajstić information content (AvgIpc) is 2.63. The lowest BCUT2D eigenvalue weighted by Crippen LogP contribution is -2.42. The van der Waals surface area contributed by atoms with Gasteiger partial charge < -0.3 is 14.8 Å². The lowest BCUT2D eigenvalue weighted by molar-refractivity contribution is -0.139. The van der Waals surface area contributed by atoms with E-state index in [2.05, 4.69) is 24.1 Å². The van der Waals surface area contributed by atoms with Crippen LogP contribution in [0.1, 0.15) is 53.4 Å². The third kappa shape index (κ3) is 6.82. The van der Waals surface area contributed by atoms with E-state index in [0.29, 0.717) is 19.6 Å². The van der Waals surface area contributed by atoms with E-state index < -0.39 is 5.60 Å². The van der Waals surface area contributed by atoms with Gasteiger partial charge >= 0.3 is 0 Å². The molecule has 1 aliphatic rings. The fourth-order valence-electron chi connectivity index (χ4n) is 3.73. The molecular formula is C22H36N2O3. The van der Waals surface area contributed by atoms with Gasteiger partial charge in [0.15, 0.2) is 0 Å². The molecule has 5 heteroatoms. The topological polar surface area (TPSA) is 50.8 Å². The van der Waals surface area contributed by atoms with Crippen molar-refractivity contribution in [2.45, 2.75) is 59.0 Å². The summed E-state index contributed by atoms with van der Waals surface area (Å²) < 4.78 is 11.6. The van der Waals surface area contributed by atoms with Gasteiger partial charge in [0.2, 0.25) is 0 Å². The van der Waals surface area contributed by atoms with Gasteiger partial charge in [0.25, 0.3) is 5.91 Å². The first kappa shape index (κ1) is 21.7. The van der Waals surface area contributed by atoms with Crippen LogP contribution in [0, 0.1) is 5.92 Å². The largest absolute Gasteiger partial charge is 0.492 e. The summed E-state index contributed by atoms with van der Waals surface area (Å²) in [5.74, 6) is 1.52. The molecular weight excluding hydrogens is 340 g/mol. The SMILES string of the molecule is CCC[C@](C)(OCC)C(=O)Nc1ccc(OCCN2CCC[C@@H](C)C2)cc1. The number of nitrogens with one attached hydrogen (secondary N) is 1. The number of benzene rings is 1. The molecule has 152 valence electrons. The molecule has 2 rings (SSSR count). The smallest absolute Gasteiger partial charge is 0.256 e. The molecule has 0 radical (unpaired) electrons. The summed E-state index contributed by atoms with van der Waals surface area (Å²) in [4.78, 5) is 15.1. The maximum atomic E-state index is 12.6. The Bertz CT molecular complexity index is 567. The molecule has 27 heavy (non-hydrogen) atoms. The molecule has 1 aliphatic heterocycles. The number of hydrogen-bond acceptors (Lipinski definition) is 4. The number of rotatable bonds is 10. The van der Waals surface area contributed by atoms with Crippen molar-refractivity contribution in [2.24, 2.45) is 5.92 Å². The minimum Gasteiger partial charge on any atom is -0.492 e. The van der Waals surface area contributed by atoms with Crippen LogP contribution in [0.15, 0.2) is 24.3 Å². The Hall–Kier alpha value is -1.59. The number of anilines is 1. The third-order valence-electron chi connectivity index (χ3n) is 5.20. The number of carbonyl (C=O) groups is 1. The quantitative estimate of drug-likeness (QED) is 0.660. The molecule has 1 saturated heterocycles. The van der Waals surface area contributed by atoms with Crippen molar-refractivity contribution >= 4 is 11.6 Å². The van der Waals surface area contributed by atoms with Crippen LogP contribution in [-0.4, -0.2) is 49.3 Å². The Morgan fingerprint density at radius 3 is 2.67 bits per heavy atom. The fourth-order valence-corrected chi connectivity index (χ4v) is 3.73. The summed E-state index contributed by atoms with van der Waals surface area (Å²) in [6.07, 6.45) is 4.22. The highest BCUT2D eigenvalue weighted by Gasteiger charge is 2.32. The van der Waals surface area contributed by atoms with Gasteiger partial charge in [-0.05, 0) is 69.8 Å². The second kappa shape index (κ2) is 10.7. The van der Waals surface area contributed by atoms with E-state index in [1.54, 1.807) is 0 Å². The van der Waals surface area contributed by atoms with Crippen LogP contribution in [0.4, 0.5) is 5.69 Å². The summed E-state index contributed by atoms with van der Waals surface area (Å²) in [5, 5.41) is 2.96. The molecule has 0 aliphatic carbocycles. The zero-order valence-electron chi connectivity index (χ0n) is 17.4. The molecule has 0 aromatic heterocycles. The second-order valence-electron chi connectivity index (χ2n) is 7.79. The van der Waals surface area contributed by atoms with Crippen LogP contribution in [-0.2, 0) is 9.53 Å². The van der Waals surface area contributed by atoms with Crippen molar-refractivity contribution in [3.05, 3.63) is 24.3 Å². The minimum absolute atomic E-state index is 0.0981. The van der Waals surface area contributed by atoms with E-state index in [-0.39, 0.29) is 5.91 Å². The first-order valence-electron chi connectivity index (χ1n) is 10.4. The third-order valence-corrected chi connectivity index (χ3v) is 5.20. The monoisotopic (exact) mass is 376 g/mol. The summed E-state index contributed by atoms with van der Waals surface area (Å²) >= 11 is 0. The van der Waals surface area contributed by atoms with Crippen LogP contribution in [0.5, 0.6) is 5.75 Å². The van der Waals surface area contributed by atoms with Gasteiger partial charge in [-0.1, -0.05) is 20.3 Å². The first-order valence-corrected chi connectivity index (χ1v) is 10.4. The summed E-state index contributed by atoms with van der Waals surface area (Å²) in [5.41, 5.74) is -0.0243. The minimum atomic E-state index is -0.787. The van der Waals surface area contributed by atoms with Gasteiger partial charge in [0.05, 0.1) is 0 Å². The number of likely N-dealkylation sites (tertiary alicyclic amines) is 1. The Morgan fingerprint density at radius 2 is 2.04 bits per heavy atom. The zero-order chi connectivity index (χ0) is 19.7. The Kier molecular flexibility index (Phi) is 8.58. The normalized spacial score (nSPS) is 20.1. The lowest BCUT2D eigenvalue weighted by atomic mass is 9.99. The van der Waals surface area contributed by atoms with E-state index in [0.717, 1.165) is 30.3 Å². The van der Waals surface area contributed by atoms with Crippen molar-refractivity contribution in [3.63, 3.8) is 0 Å². The van der Waals surface area contributed by atoms with Crippen LogP contribution in [0.2, 0.25) is 0 Å². The van der Waals surface area contributed by atoms with E-state index in [4.69, 9.17) is 9.47 Å². The van der Waals surface area contributed by atoms with Gasteiger partial charge in [0.1, 0.15) is 18.0 Å². The first-order chi connectivity index (χ1) is 13.0. The number of nitrogens with zero attached hydrogens (tertiary/aromatic N) is 1. The van der Waals surface area contributed by atoms with E-state index in [1.165, 1.54) is 25.9 Å². The Balaban J connectivity index is 1.81. The molecule has 0 saturated carbocycles. The Morgan fingerprint density at radius 1 is 1.30 bits per heavy atom. The number of carbonyl (C=O) groups excluding carboxylic acids is 1. The second-order valence-corrected chi connectivity index (χ2v) is 7.79. The van der Waals surface area contributed by atoms with Crippen LogP contribution in [0.25, 0.3) is 0 Å². The van der Waals surface area contributed by atoms with E-state index in [9.17, 15) is 4.79 Å². The van der Waals surface area contributed by atoms with Crippen molar-refractivity contribution < 1.29 is 14.3 Å². The molecule has 1 heterocycles.